The lowest BCUT2D eigenvalue weighted by Gasteiger charge is -2.30. The van der Waals surface area contributed by atoms with Crippen molar-refractivity contribution in [3.8, 4) is 0 Å². The monoisotopic (exact) mass is 267 g/mol. The van der Waals surface area contributed by atoms with Crippen LogP contribution in [0.2, 0.25) is 0 Å². The van der Waals surface area contributed by atoms with Gasteiger partial charge in [-0.25, -0.2) is 4.79 Å². The van der Waals surface area contributed by atoms with Gasteiger partial charge >= 0.3 is 5.97 Å². The van der Waals surface area contributed by atoms with Gasteiger partial charge in [-0.05, 0) is 44.8 Å². The van der Waals surface area contributed by atoms with Gasteiger partial charge in [0.25, 0.3) is 0 Å². The van der Waals surface area contributed by atoms with Crippen LogP contribution in [0.3, 0.4) is 0 Å². The molecule has 1 aromatic heterocycles. The van der Waals surface area contributed by atoms with E-state index in [9.17, 15) is 4.79 Å². The zero-order valence-electron chi connectivity index (χ0n) is 11.5. The smallest absolute Gasteiger partial charge is 0.374 e. The van der Waals surface area contributed by atoms with Gasteiger partial charge in [0.1, 0.15) is 5.76 Å². The van der Waals surface area contributed by atoms with Gasteiger partial charge in [0.2, 0.25) is 5.76 Å². The zero-order chi connectivity index (χ0) is 13.8. The number of hydrogen-bond acceptors (Lipinski definition) is 5. The summed E-state index contributed by atoms with van der Waals surface area (Å²) < 4.78 is 10.2. The Hall–Kier alpha value is -1.33. The molecule has 2 rings (SSSR count). The Balaban J connectivity index is 1.95. The summed E-state index contributed by atoms with van der Waals surface area (Å²) in [4.78, 5) is 13.7. The quantitative estimate of drug-likeness (QED) is 0.839. The number of piperidine rings is 1. The van der Waals surface area contributed by atoms with Gasteiger partial charge in [-0.2, -0.15) is 0 Å². The van der Waals surface area contributed by atoms with Gasteiger partial charge in [-0.3, -0.25) is 4.90 Å². The molecule has 5 heteroatoms. The molecule has 0 spiro atoms. The van der Waals surface area contributed by atoms with Crippen LogP contribution in [0, 0.1) is 12.8 Å². The summed E-state index contributed by atoms with van der Waals surface area (Å²) in [5, 5.41) is 9.11. The van der Waals surface area contributed by atoms with E-state index in [1.165, 1.54) is 7.11 Å². The largest absolute Gasteiger partial charge is 0.463 e. The van der Waals surface area contributed by atoms with Crippen molar-refractivity contribution in [1.82, 2.24) is 4.90 Å². The first kappa shape index (κ1) is 14.1. The van der Waals surface area contributed by atoms with Crippen molar-refractivity contribution in [1.29, 1.82) is 0 Å². The fraction of sp³-hybridized carbons (Fsp3) is 0.643. The van der Waals surface area contributed by atoms with E-state index < -0.39 is 5.97 Å². The van der Waals surface area contributed by atoms with Gasteiger partial charge in [-0.15, -0.1) is 0 Å². The molecule has 0 atom stereocenters. The highest BCUT2D eigenvalue weighted by atomic mass is 16.5. The van der Waals surface area contributed by atoms with Crippen molar-refractivity contribution in [3.05, 3.63) is 23.2 Å². The minimum absolute atomic E-state index is 0.278. The number of likely N-dealkylation sites (tertiary alicyclic amines) is 1. The number of rotatable bonds is 4. The molecule has 1 fully saturated rings. The van der Waals surface area contributed by atoms with Crippen LogP contribution in [-0.4, -0.2) is 42.8 Å². The minimum atomic E-state index is -0.428. The number of carbonyl (C=O) groups excluding carboxylic acids is 1. The first-order chi connectivity index (χ1) is 9.13. The standard InChI is InChI=1S/C14H21NO4/c1-10-7-12(19-13(10)14(17)18-2)8-15-5-3-11(9-16)4-6-15/h7,11,16H,3-6,8-9H2,1-2H3. The Morgan fingerprint density at radius 1 is 1.53 bits per heavy atom. The molecular formula is C14H21NO4. The SMILES string of the molecule is COC(=O)c1oc(CN2CCC(CO)CC2)cc1C. The number of aliphatic hydroxyl groups excluding tert-OH is 1. The lowest BCUT2D eigenvalue weighted by molar-refractivity contribution is 0.0558. The van der Waals surface area contributed by atoms with Crippen LogP contribution in [0.1, 0.15) is 34.7 Å². The van der Waals surface area contributed by atoms with Crippen molar-refractivity contribution < 1.29 is 19.1 Å². The molecule has 1 saturated heterocycles. The molecule has 0 unspecified atom stereocenters. The van der Waals surface area contributed by atoms with Gasteiger partial charge in [0, 0.05) is 12.2 Å². The summed E-state index contributed by atoms with van der Waals surface area (Å²) >= 11 is 0. The summed E-state index contributed by atoms with van der Waals surface area (Å²) in [6, 6.07) is 1.89. The van der Waals surface area contributed by atoms with Crippen LogP contribution in [0.5, 0.6) is 0 Å². The molecule has 19 heavy (non-hydrogen) atoms. The molecule has 0 aliphatic carbocycles. The van der Waals surface area contributed by atoms with Gasteiger partial charge in [-0.1, -0.05) is 0 Å². The highest BCUT2D eigenvalue weighted by Gasteiger charge is 2.21. The molecule has 1 aromatic rings. The van der Waals surface area contributed by atoms with Crippen molar-refractivity contribution in [3.63, 3.8) is 0 Å². The summed E-state index contributed by atoms with van der Waals surface area (Å²) in [6.45, 7) is 4.74. The first-order valence-corrected chi connectivity index (χ1v) is 6.65. The van der Waals surface area contributed by atoms with E-state index in [4.69, 9.17) is 9.52 Å². The molecule has 1 aliphatic heterocycles. The van der Waals surface area contributed by atoms with E-state index in [1.54, 1.807) is 0 Å². The fourth-order valence-corrected chi connectivity index (χ4v) is 2.47. The van der Waals surface area contributed by atoms with Crippen LogP contribution >= 0.6 is 0 Å². The third-order valence-corrected chi connectivity index (χ3v) is 3.68. The molecule has 0 radical (unpaired) electrons. The molecule has 1 N–H and O–H groups in total. The summed E-state index contributed by atoms with van der Waals surface area (Å²) in [7, 11) is 1.35. The third-order valence-electron chi connectivity index (χ3n) is 3.68. The molecule has 0 saturated carbocycles. The van der Waals surface area contributed by atoms with E-state index in [0.29, 0.717) is 18.2 Å². The van der Waals surface area contributed by atoms with E-state index >= 15 is 0 Å². The van der Waals surface area contributed by atoms with Crippen LogP contribution in [-0.2, 0) is 11.3 Å². The van der Waals surface area contributed by atoms with Crippen molar-refractivity contribution in [2.45, 2.75) is 26.3 Å². The average Bonchev–Trinajstić information content (AvgIpc) is 2.79. The van der Waals surface area contributed by atoms with E-state index in [2.05, 4.69) is 9.64 Å². The fourth-order valence-electron chi connectivity index (χ4n) is 2.47. The van der Waals surface area contributed by atoms with Crippen LogP contribution in [0.25, 0.3) is 0 Å². The predicted octanol–water partition coefficient (Wildman–Crippen LogP) is 1.58. The van der Waals surface area contributed by atoms with Gasteiger partial charge in [0.05, 0.1) is 13.7 Å². The summed E-state index contributed by atoms with van der Waals surface area (Å²) in [5.74, 6) is 1.09. The zero-order valence-corrected chi connectivity index (χ0v) is 11.5. The predicted molar refractivity (Wildman–Crippen MR) is 69.9 cm³/mol. The molecule has 1 aliphatic rings. The highest BCUT2D eigenvalue weighted by molar-refractivity contribution is 5.87. The number of carbonyl (C=O) groups is 1. The average molecular weight is 267 g/mol. The molecule has 2 heterocycles. The van der Waals surface area contributed by atoms with Crippen LogP contribution in [0.15, 0.2) is 10.5 Å². The van der Waals surface area contributed by atoms with E-state index in [0.717, 1.165) is 37.3 Å². The second kappa shape index (κ2) is 6.21. The maximum atomic E-state index is 11.5. The maximum absolute atomic E-state index is 11.5. The number of nitrogens with zero attached hydrogens (tertiary/aromatic N) is 1. The molecule has 0 aromatic carbocycles. The van der Waals surface area contributed by atoms with Gasteiger partial charge in [0.15, 0.2) is 0 Å². The highest BCUT2D eigenvalue weighted by Crippen LogP contribution is 2.21. The Kier molecular flexibility index (Phi) is 4.61. The van der Waals surface area contributed by atoms with Gasteiger partial charge < -0.3 is 14.3 Å². The topological polar surface area (TPSA) is 62.9 Å². The number of hydrogen-bond donors (Lipinski definition) is 1. The first-order valence-electron chi connectivity index (χ1n) is 6.65. The van der Waals surface area contributed by atoms with Crippen LogP contribution in [0.4, 0.5) is 0 Å². The maximum Gasteiger partial charge on any atom is 0.374 e. The molecule has 0 amide bonds. The van der Waals surface area contributed by atoms with E-state index in [1.807, 2.05) is 13.0 Å². The molecule has 0 bridgehead atoms. The lowest BCUT2D eigenvalue weighted by Crippen LogP contribution is -2.34. The Morgan fingerprint density at radius 3 is 2.79 bits per heavy atom. The summed E-state index contributed by atoms with van der Waals surface area (Å²) in [6.07, 6.45) is 2.03. The summed E-state index contributed by atoms with van der Waals surface area (Å²) in [5.41, 5.74) is 0.812. The Bertz CT molecular complexity index is 433. The van der Waals surface area contributed by atoms with Crippen molar-refractivity contribution in [2.75, 3.05) is 26.8 Å². The Morgan fingerprint density at radius 2 is 2.21 bits per heavy atom. The lowest BCUT2D eigenvalue weighted by atomic mass is 9.98. The van der Waals surface area contributed by atoms with Crippen molar-refractivity contribution in [2.24, 2.45) is 5.92 Å². The van der Waals surface area contributed by atoms with Crippen molar-refractivity contribution >= 4 is 5.97 Å². The second-order valence-corrected chi connectivity index (χ2v) is 5.12. The second-order valence-electron chi connectivity index (χ2n) is 5.12. The Labute approximate surface area is 113 Å². The molecule has 5 nitrogen and oxygen atoms in total. The molecule has 106 valence electrons. The number of methoxy groups -OCH3 is 1. The number of aliphatic hydroxyl groups is 1. The number of furan rings is 1. The van der Waals surface area contributed by atoms with E-state index in [-0.39, 0.29) is 6.61 Å². The van der Waals surface area contributed by atoms with Crippen LogP contribution < -0.4 is 0 Å². The minimum Gasteiger partial charge on any atom is -0.463 e. The normalized spacial score (nSPS) is 17.6. The third kappa shape index (κ3) is 3.36. The number of ether oxygens (including phenoxy) is 1. The number of aryl methyl sites for hydroxylation is 1. The molecular weight excluding hydrogens is 246 g/mol. The number of esters is 1.